The molecule has 5 nitrogen and oxygen atoms in total. The highest BCUT2D eigenvalue weighted by molar-refractivity contribution is 7.98. The van der Waals surface area contributed by atoms with Crippen molar-refractivity contribution in [2.24, 2.45) is 0 Å². The number of benzene rings is 1. The second kappa shape index (κ2) is 5.20. The molecular formula is C14H15N3O2S. The largest absolute Gasteiger partial charge is 0.497 e. The van der Waals surface area contributed by atoms with Crippen LogP contribution in [0.5, 0.6) is 5.75 Å². The minimum absolute atomic E-state index is 0.790. The van der Waals surface area contributed by atoms with Gasteiger partial charge in [0.2, 0.25) is 0 Å². The average Bonchev–Trinajstić information content (AvgIpc) is 2.99. The molecule has 3 aromatic rings. The third kappa shape index (κ3) is 2.38. The molecule has 2 aromatic heterocycles. The lowest BCUT2D eigenvalue weighted by molar-refractivity contribution is 0.392. The third-order valence-electron chi connectivity index (χ3n) is 3.20. The van der Waals surface area contributed by atoms with Crippen molar-refractivity contribution in [2.75, 3.05) is 7.11 Å². The maximum atomic E-state index is 5.21. The van der Waals surface area contributed by atoms with Gasteiger partial charge >= 0.3 is 0 Å². The number of aromatic amines is 1. The summed E-state index contributed by atoms with van der Waals surface area (Å²) in [6.07, 6.45) is 0. The van der Waals surface area contributed by atoms with Gasteiger partial charge in [0.15, 0.2) is 5.16 Å². The molecule has 104 valence electrons. The van der Waals surface area contributed by atoms with Gasteiger partial charge in [0.25, 0.3) is 0 Å². The van der Waals surface area contributed by atoms with E-state index < -0.39 is 0 Å². The molecule has 0 unspecified atom stereocenters. The van der Waals surface area contributed by atoms with Crippen LogP contribution >= 0.6 is 11.8 Å². The zero-order valence-corrected chi connectivity index (χ0v) is 12.4. The topological polar surface area (TPSA) is 63.9 Å². The number of H-pyrrole nitrogens is 1. The number of aryl methyl sites for hydroxylation is 2. The number of methoxy groups -OCH3 is 1. The molecule has 0 spiro atoms. The van der Waals surface area contributed by atoms with Crippen molar-refractivity contribution < 1.29 is 9.26 Å². The lowest BCUT2D eigenvalue weighted by atomic mass is 10.2. The smallest absolute Gasteiger partial charge is 0.166 e. The fourth-order valence-corrected chi connectivity index (χ4v) is 3.05. The Morgan fingerprint density at radius 3 is 2.90 bits per heavy atom. The molecule has 0 fully saturated rings. The average molecular weight is 289 g/mol. The first kappa shape index (κ1) is 13.1. The van der Waals surface area contributed by atoms with E-state index >= 15 is 0 Å². The highest BCUT2D eigenvalue weighted by atomic mass is 32.2. The lowest BCUT2D eigenvalue weighted by Gasteiger charge is -1.97. The standard InChI is InChI=1S/C14H15N3O2S/c1-8-11(9(2)19-17-8)7-20-14-15-12-5-4-10(18-3)6-13(12)16-14/h4-6H,7H2,1-3H3,(H,15,16). The van der Waals surface area contributed by atoms with Crippen molar-refractivity contribution in [3.63, 3.8) is 0 Å². The molecule has 0 bridgehead atoms. The number of nitrogens with zero attached hydrogens (tertiary/aromatic N) is 2. The Balaban J connectivity index is 1.81. The van der Waals surface area contributed by atoms with Crippen LogP contribution in [0.2, 0.25) is 0 Å². The van der Waals surface area contributed by atoms with Crippen LogP contribution in [0.15, 0.2) is 27.9 Å². The summed E-state index contributed by atoms with van der Waals surface area (Å²) in [5, 5.41) is 4.84. The molecule has 3 rings (SSSR count). The predicted octanol–water partition coefficient (Wildman–Crippen LogP) is 3.47. The van der Waals surface area contributed by atoms with Gasteiger partial charge in [-0.15, -0.1) is 0 Å². The van der Waals surface area contributed by atoms with Crippen molar-refractivity contribution in [3.05, 3.63) is 35.2 Å². The van der Waals surface area contributed by atoms with Crippen molar-refractivity contribution in [2.45, 2.75) is 24.8 Å². The molecule has 0 amide bonds. The summed E-state index contributed by atoms with van der Waals surface area (Å²) < 4.78 is 10.4. The Kier molecular flexibility index (Phi) is 3.40. The molecule has 0 atom stereocenters. The van der Waals surface area contributed by atoms with E-state index in [2.05, 4.69) is 15.1 Å². The van der Waals surface area contributed by atoms with Gasteiger partial charge in [-0.2, -0.15) is 0 Å². The van der Waals surface area contributed by atoms with Crippen LogP contribution in [0.4, 0.5) is 0 Å². The van der Waals surface area contributed by atoms with Crippen LogP contribution in [0.3, 0.4) is 0 Å². The highest BCUT2D eigenvalue weighted by Crippen LogP contribution is 2.27. The second-order valence-electron chi connectivity index (χ2n) is 4.52. The molecule has 0 aliphatic heterocycles. The van der Waals surface area contributed by atoms with Crippen LogP contribution in [0.1, 0.15) is 17.0 Å². The molecule has 0 saturated carbocycles. The number of aromatic nitrogens is 3. The van der Waals surface area contributed by atoms with Gasteiger partial charge in [0, 0.05) is 17.4 Å². The number of hydrogen-bond donors (Lipinski definition) is 1. The summed E-state index contributed by atoms with van der Waals surface area (Å²) in [5.74, 6) is 2.48. The van der Waals surface area contributed by atoms with E-state index in [1.807, 2.05) is 32.0 Å². The molecule has 2 heterocycles. The molecule has 1 N–H and O–H groups in total. The number of ether oxygens (including phenoxy) is 1. The molecule has 0 aliphatic rings. The molecule has 0 saturated heterocycles. The third-order valence-corrected chi connectivity index (χ3v) is 4.10. The zero-order chi connectivity index (χ0) is 14.1. The van der Waals surface area contributed by atoms with E-state index in [0.717, 1.165) is 44.7 Å². The predicted molar refractivity (Wildman–Crippen MR) is 78.2 cm³/mol. The van der Waals surface area contributed by atoms with Crippen molar-refractivity contribution >= 4 is 22.8 Å². The number of nitrogens with one attached hydrogen (secondary N) is 1. The fraction of sp³-hybridized carbons (Fsp3) is 0.286. The van der Waals surface area contributed by atoms with E-state index in [-0.39, 0.29) is 0 Å². The van der Waals surface area contributed by atoms with E-state index in [0.29, 0.717) is 0 Å². The maximum absolute atomic E-state index is 5.21. The first-order valence-corrected chi connectivity index (χ1v) is 7.24. The summed E-state index contributed by atoms with van der Waals surface area (Å²) in [5.41, 5.74) is 3.98. The van der Waals surface area contributed by atoms with Crippen molar-refractivity contribution in [1.82, 2.24) is 15.1 Å². The fourth-order valence-electron chi connectivity index (χ4n) is 2.01. The number of rotatable bonds is 4. The highest BCUT2D eigenvalue weighted by Gasteiger charge is 2.11. The van der Waals surface area contributed by atoms with Crippen molar-refractivity contribution in [1.29, 1.82) is 0 Å². The maximum Gasteiger partial charge on any atom is 0.166 e. The number of thioether (sulfide) groups is 1. The molecule has 0 radical (unpaired) electrons. The Morgan fingerprint density at radius 1 is 1.35 bits per heavy atom. The minimum Gasteiger partial charge on any atom is -0.497 e. The van der Waals surface area contributed by atoms with Crippen molar-refractivity contribution in [3.8, 4) is 5.75 Å². The number of fused-ring (bicyclic) bond motifs is 1. The van der Waals surface area contributed by atoms with Gasteiger partial charge in [-0.1, -0.05) is 16.9 Å². The van der Waals surface area contributed by atoms with Gasteiger partial charge in [0.05, 0.1) is 23.8 Å². The van der Waals surface area contributed by atoms with E-state index in [9.17, 15) is 0 Å². The summed E-state index contributed by atoms with van der Waals surface area (Å²) in [6.45, 7) is 3.88. The Labute approximate surface area is 120 Å². The van der Waals surface area contributed by atoms with Crippen LogP contribution < -0.4 is 4.74 Å². The van der Waals surface area contributed by atoms with Gasteiger partial charge in [-0.3, -0.25) is 0 Å². The van der Waals surface area contributed by atoms with E-state index in [4.69, 9.17) is 9.26 Å². The summed E-state index contributed by atoms with van der Waals surface area (Å²) in [7, 11) is 1.66. The first-order chi connectivity index (χ1) is 9.67. The summed E-state index contributed by atoms with van der Waals surface area (Å²) in [6, 6.07) is 5.80. The lowest BCUT2D eigenvalue weighted by Crippen LogP contribution is -1.85. The van der Waals surface area contributed by atoms with E-state index in [1.165, 1.54) is 0 Å². The molecule has 6 heteroatoms. The summed E-state index contributed by atoms with van der Waals surface area (Å²) in [4.78, 5) is 7.84. The first-order valence-electron chi connectivity index (χ1n) is 6.25. The summed E-state index contributed by atoms with van der Waals surface area (Å²) >= 11 is 1.64. The van der Waals surface area contributed by atoms with Gasteiger partial charge < -0.3 is 14.2 Å². The van der Waals surface area contributed by atoms with Crippen LogP contribution in [0, 0.1) is 13.8 Å². The number of hydrogen-bond acceptors (Lipinski definition) is 5. The molecule has 0 aliphatic carbocycles. The SMILES string of the molecule is COc1ccc2nc(SCc3c(C)noc3C)[nH]c2c1. The van der Waals surface area contributed by atoms with Crippen LogP contribution in [0.25, 0.3) is 11.0 Å². The quantitative estimate of drug-likeness (QED) is 0.745. The van der Waals surface area contributed by atoms with E-state index in [1.54, 1.807) is 18.9 Å². The Morgan fingerprint density at radius 2 is 2.20 bits per heavy atom. The van der Waals surface area contributed by atoms with Crippen LogP contribution in [-0.2, 0) is 5.75 Å². The monoisotopic (exact) mass is 289 g/mol. The number of imidazole rings is 1. The van der Waals surface area contributed by atoms with Gasteiger partial charge in [-0.05, 0) is 26.0 Å². The van der Waals surface area contributed by atoms with Gasteiger partial charge in [0.1, 0.15) is 11.5 Å². The minimum atomic E-state index is 0.790. The normalized spacial score (nSPS) is 11.2. The molecular weight excluding hydrogens is 274 g/mol. The Bertz CT molecular complexity index is 729. The molecule has 20 heavy (non-hydrogen) atoms. The van der Waals surface area contributed by atoms with Crippen LogP contribution in [-0.4, -0.2) is 22.2 Å². The molecule has 1 aromatic carbocycles. The zero-order valence-electron chi connectivity index (χ0n) is 11.6. The Hall–Kier alpha value is -1.95. The van der Waals surface area contributed by atoms with Gasteiger partial charge in [-0.25, -0.2) is 4.98 Å². The second-order valence-corrected chi connectivity index (χ2v) is 5.48.